The first kappa shape index (κ1) is 15.7. The molecule has 5 nitrogen and oxygen atoms in total. The lowest BCUT2D eigenvalue weighted by atomic mass is 10.4. The Bertz CT molecular complexity index is 563. The molecule has 2 heterocycles. The standard InChI is InChI=1S/C13H20N2O3S3/c16-21(17,15-8-12-9-19-5-6-20-12)13-4-3-11(18-13)7-14-10-1-2-10/h3-4,10,12,14-15H,1-2,5-9H2. The van der Waals surface area contributed by atoms with E-state index in [1.807, 2.05) is 23.5 Å². The third-order valence-corrected chi connectivity index (χ3v) is 7.57. The lowest BCUT2D eigenvalue weighted by Crippen LogP contribution is -2.33. The Morgan fingerprint density at radius 2 is 2.14 bits per heavy atom. The molecule has 1 saturated carbocycles. The molecule has 118 valence electrons. The summed E-state index contributed by atoms with van der Waals surface area (Å²) in [6.45, 7) is 1.06. The molecule has 2 aliphatic rings. The molecule has 21 heavy (non-hydrogen) atoms. The number of rotatable bonds is 7. The lowest BCUT2D eigenvalue weighted by molar-refractivity contribution is 0.399. The normalized spacial score (nSPS) is 23.3. The zero-order chi connectivity index (χ0) is 14.7. The fourth-order valence-corrected chi connectivity index (χ4v) is 5.80. The first-order valence-electron chi connectivity index (χ1n) is 7.14. The van der Waals surface area contributed by atoms with Crippen molar-refractivity contribution in [2.24, 2.45) is 0 Å². The molecule has 2 N–H and O–H groups in total. The van der Waals surface area contributed by atoms with Crippen LogP contribution in [0, 0.1) is 0 Å². The second kappa shape index (κ2) is 6.95. The van der Waals surface area contributed by atoms with Crippen molar-refractivity contribution in [2.75, 3.05) is 23.8 Å². The predicted octanol–water partition coefficient (Wildman–Crippen LogP) is 1.66. The van der Waals surface area contributed by atoms with Crippen LogP contribution in [-0.4, -0.2) is 43.5 Å². The van der Waals surface area contributed by atoms with Crippen LogP contribution in [0.25, 0.3) is 0 Å². The highest BCUT2D eigenvalue weighted by Crippen LogP contribution is 2.24. The minimum atomic E-state index is -3.53. The van der Waals surface area contributed by atoms with Gasteiger partial charge in [-0.15, -0.1) is 0 Å². The van der Waals surface area contributed by atoms with Gasteiger partial charge in [-0.1, -0.05) is 0 Å². The van der Waals surface area contributed by atoms with Crippen molar-refractivity contribution < 1.29 is 12.8 Å². The van der Waals surface area contributed by atoms with Gasteiger partial charge in [-0.05, 0) is 25.0 Å². The van der Waals surface area contributed by atoms with Gasteiger partial charge in [-0.25, -0.2) is 13.1 Å². The number of hydrogen-bond donors (Lipinski definition) is 2. The van der Waals surface area contributed by atoms with E-state index in [0.29, 0.717) is 30.1 Å². The highest BCUT2D eigenvalue weighted by molar-refractivity contribution is 8.06. The predicted molar refractivity (Wildman–Crippen MR) is 87.3 cm³/mol. The molecule has 1 aromatic heterocycles. The van der Waals surface area contributed by atoms with Gasteiger partial charge in [0.25, 0.3) is 10.0 Å². The second-order valence-corrected chi connectivity index (χ2v) is 9.55. The summed E-state index contributed by atoms with van der Waals surface area (Å²) in [4.78, 5) is 0. The maximum absolute atomic E-state index is 12.2. The van der Waals surface area contributed by atoms with Crippen molar-refractivity contribution >= 4 is 33.5 Å². The van der Waals surface area contributed by atoms with E-state index in [2.05, 4.69) is 10.0 Å². The van der Waals surface area contributed by atoms with E-state index >= 15 is 0 Å². The molecule has 1 aliphatic carbocycles. The van der Waals surface area contributed by atoms with Gasteiger partial charge in [0.05, 0.1) is 6.54 Å². The van der Waals surface area contributed by atoms with Gasteiger partial charge in [-0.3, -0.25) is 0 Å². The van der Waals surface area contributed by atoms with E-state index < -0.39 is 10.0 Å². The molecular formula is C13H20N2O3S3. The van der Waals surface area contributed by atoms with Crippen LogP contribution in [0.1, 0.15) is 18.6 Å². The van der Waals surface area contributed by atoms with E-state index in [1.165, 1.54) is 18.9 Å². The number of hydrogen-bond acceptors (Lipinski definition) is 6. The molecule has 1 unspecified atom stereocenters. The van der Waals surface area contributed by atoms with Crippen LogP contribution in [0.3, 0.4) is 0 Å². The largest absolute Gasteiger partial charge is 0.447 e. The van der Waals surface area contributed by atoms with Gasteiger partial charge in [0.15, 0.2) is 0 Å². The maximum Gasteiger partial charge on any atom is 0.273 e. The van der Waals surface area contributed by atoms with Crippen LogP contribution in [-0.2, 0) is 16.6 Å². The third kappa shape index (κ3) is 4.66. The first-order valence-corrected chi connectivity index (χ1v) is 10.8. The Kier molecular flexibility index (Phi) is 5.21. The molecular weight excluding hydrogens is 328 g/mol. The van der Waals surface area contributed by atoms with Crippen LogP contribution in [0.15, 0.2) is 21.6 Å². The van der Waals surface area contributed by atoms with Crippen LogP contribution >= 0.6 is 23.5 Å². The summed E-state index contributed by atoms with van der Waals surface area (Å²) >= 11 is 3.72. The highest BCUT2D eigenvalue weighted by Gasteiger charge is 2.23. The van der Waals surface area contributed by atoms with E-state index in [9.17, 15) is 8.42 Å². The van der Waals surface area contributed by atoms with Crippen molar-refractivity contribution in [1.29, 1.82) is 0 Å². The molecule has 0 bridgehead atoms. The Morgan fingerprint density at radius 1 is 1.29 bits per heavy atom. The number of thioether (sulfide) groups is 2. The van der Waals surface area contributed by atoms with E-state index in [4.69, 9.17) is 4.42 Å². The maximum atomic E-state index is 12.2. The second-order valence-electron chi connectivity index (χ2n) is 5.30. The topological polar surface area (TPSA) is 71.3 Å². The molecule has 3 rings (SSSR count). The highest BCUT2D eigenvalue weighted by atomic mass is 32.2. The van der Waals surface area contributed by atoms with Crippen molar-refractivity contribution in [1.82, 2.24) is 10.0 Å². The minimum absolute atomic E-state index is 0.0172. The average molecular weight is 349 g/mol. The fraction of sp³-hybridized carbons (Fsp3) is 0.692. The van der Waals surface area contributed by atoms with Gasteiger partial charge in [0.1, 0.15) is 5.76 Å². The van der Waals surface area contributed by atoms with Crippen LogP contribution < -0.4 is 10.0 Å². The smallest absolute Gasteiger partial charge is 0.273 e. The fourth-order valence-electron chi connectivity index (χ4n) is 2.06. The SMILES string of the molecule is O=S(=O)(NCC1CSCCS1)c1ccc(CNC2CC2)o1. The van der Waals surface area contributed by atoms with E-state index in [-0.39, 0.29) is 5.09 Å². The molecule has 2 fully saturated rings. The number of nitrogens with one attached hydrogen (secondary N) is 2. The Morgan fingerprint density at radius 3 is 2.86 bits per heavy atom. The third-order valence-electron chi connectivity index (χ3n) is 3.43. The Labute approximate surface area is 134 Å². The zero-order valence-corrected chi connectivity index (χ0v) is 14.2. The summed E-state index contributed by atoms with van der Waals surface area (Å²) in [5.41, 5.74) is 0. The van der Waals surface area contributed by atoms with Gasteiger partial charge >= 0.3 is 0 Å². The van der Waals surface area contributed by atoms with Crippen molar-refractivity contribution in [3.8, 4) is 0 Å². The quantitative estimate of drug-likeness (QED) is 0.781. The van der Waals surface area contributed by atoms with Gasteiger partial charge in [0.2, 0.25) is 5.09 Å². The van der Waals surface area contributed by atoms with Gasteiger partial charge in [0, 0.05) is 35.1 Å². The zero-order valence-electron chi connectivity index (χ0n) is 11.7. The molecule has 8 heteroatoms. The monoisotopic (exact) mass is 348 g/mol. The van der Waals surface area contributed by atoms with Gasteiger partial charge < -0.3 is 9.73 Å². The molecule has 1 aromatic rings. The summed E-state index contributed by atoms with van der Waals surface area (Å²) in [6.07, 6.45) is 2.40. The molecule has 0 aromatic carbocycles. The van der Waals surface area contributed by atoms with Crippen molar-refractivity contribution in [2.45, 2.75) is 35.8 Å². The molecule has 1 atom stereocenters. The summed E-state index contributed by atoms with van der Waals surface area (Å²) in [6, 6.07) is 3.85. The summed E-state index contributed by atoms with van der Waals surface area (Å²) in [5, 5.41) is 3.67. The molecule has 1 saturated heterocycles. The Hall–Kier alpha value is -0.150. The lowest BCUT2D eigenvalue weighted by Gasteiger charge is -2.20. The molecule has 0 amide bonds. The number of sulfonamides is 1. The summed E-state index contributed by atoms with van der Waals surface area (Å²) in [5.74, 6) is 3.92. The van der Waals surface area contributed by atoms with Crippen molar-refractivity contribution in [3.63, 3.8) is 0 Å². The first-order chi connectivity index (χ1) is 10.1. The number of furan rings is 1. The van der Waals surface area contributed by atoms with Crippen LogP contribution in [0.5, 0.6) is 0 Å². The van der Waals surface area contributed by atoms with Gasteiger partial charge in [-0.2, -0.15) is 23.5 Å². The van der Waals surface area contributed by atoms with Crippen LogP contribution in [0.4, 0.5) is 0 Å². The average Bonchev–Trinajstić information content (AvgIpc) is 3.20. The molecule has 0 spiro atoms. The molecule has 0 radical (unpaired) electrons. The van der Waals surface area contributed by atoms with Crippen molar-refractivity contribution in [3.05, 3.63) is 17.9 Å². The van der Waals surface area contributed by atoms with E-state index in [0.717, 1.165) is 17.3 Å². The summed E-state index contributed by atoms with van der Waals surface area (Å²) < 4.78 is 32.5. The Balaban J connectivity index is 1.53. The minimum Gasteiger partial charge on any atom is -0.447 e. The summed E-state index contributed by atoms with van der Waals surface area (Å²) in [7, 11) is -3.53. The molecule has 1 aliphatic heterocycles. The van der Waals surface area contributed by atoms with Crippen LogP contribution in [0.2, 0.25) is 0 Å². The van der Waals surface area contributed by atoms with E-state index in [1.54, 1.807) is 6.07 Å².